The molecule has 0 bridgehead atoms. The van der Waals surface area contributed by atoms with Crippen LogP contribution in [0, 0.1) is 0 Å². The average Bonchev–Trinajstić information content (AvgIpc) is 2.66. The summed E-state index contributed by atoms with van der Waals surface area (Å²) in [6, 6.07) is 8.08. The minimum Gasteiger partial charge on any atom is -0.493 e. The second-order valence-electron chi connectivity index (χ2n) is 5.69. The van der Waals surface area contributed by atoms with Gasteiger partial charge in [0.2, 0.25) is 0 Å². The smallest absolute Gasteiger partial charge is 0.308 e. The van der Waals surface area contributed by atoms with Gasteiger partial charge in [-0.05, 0) is 29.8 Å². The minimum absolute atomic E-state index is 0.209. The number of carbonyl (C=O) groups is 3. The van der Waals surface area contributed by atoms with Gasteiger partial charge in [-0.2, -0.15) is 0 Å². The van der Waals surface area contributed by atoms with Crippen molar-refractivity contribution in [1.82, 2.24) is 0 Å². The van der Waals surface area contributed by atoms with Crippen molar-refractivity contribution in [1.29, 1.82) is 0 Å². The molecule has 0 spiro atoms. The van der Waals surface area contributed by atoms with E-state index in [-0.39, 0.29) is 11.5 Å². The van der Waals surface area contributed by atoms with Gasteiger partial charge in [-0.15, -0.1) is 0 Å². The molecule has 0 aromatic heterocycles. The summed E-state index contributed by atoms with van der Waals surface area (Å²) in [5.41, 5.74) is 1.59. The quantitative estimate of drug-likeness (QED) is 0.312. The molecule has 0 aliphatic heterocycles. The van der Waals surface area contributed by atoms with Gasteiger partial charge in [-0.3, -0.25) is 14.4 Å². The first-order valence-electron chi connectivity index (χ1n) is 8.28. The summed E-state index contributed by atoms with van der Waals surface area (Å²) in [6.07, 6.45) is 4.08. The van der Waals surface area contributed by atoms with Crippen LogP contribution in [0.5, 0.6) is 23.0 Å². The summed E-state index contributed by atoms with van der Waals surface area (Å²) in [6.45, 7) is 2.58. The van der Waals surface area contributed by atoms with Crippen LogP contribution in [0.1, 0.15) is 35.3 Å². The van der Waals surface area contributed by atoms with Gasteiger partial charge in [0.1, 0.15) is 6.29 Å². The largest absolute Gasteiger partial charge is 0.493 e. The highest BCUT2D eigenvalue weighted by atomic mass is 16.6. The summed E-state index contributed by atoms with van der Waals surface area (Å²) in [7, 11) is 2.88. The second-order valence-corrected chi connectivity index (χ2v) is 5.69. The van der Waals surface area contributed by atoms with E-state index in [0.29, 0.717) is 28.9 Å². The lowest BCUT2D eigenvalue weighted by Gasteiger charge is -2.12. The fraction of sp³-hybridized carbons (Fsp3) is 0.190. The maximum atomic E-state index is 11.4. The van der Waals surface area contributed by atoms with Crippen LogP contribution in [0.3, 0.4) is 0 Å². The third-order valence-corrected chi connectivity index (χ3v) is 3.60. The van der Waals surface area contributed by atoms with E-state index in [9.17, 15) is 14.4 Å². The predicted octanol–water partition coefficient (Wildman–Crippen LogP) is 3.54. The van der Waals surface area contributed by atoms with E-state index in [4.69, 9.17) is 18.9 Å². The number of esters is 2. The molecular weight excluding hydrogens is 364 g/mol. The predicted molar refractivity (Wildman–Crippen MR) is 103 cm³/mol. The molecule has 0 fully saturated rings. The number of hydrogen-bond donors (Lipinski definition) is 0. The number of methoxy groups -OCH3 is 2. The van der Waals surface area contributed by atoms with Crippen LogP contribution in [0.25, 0.3) is 12.2 Å². The first-order valence-corrected chi connectivity index (χ1v) is 8.28. The Kier molecular flexibility index (Phi) is 6.92. The van der Waals surface area contributed by atoms with E-state index < -0.39 is 11.9 Å². The van der Waals surface area contributed by atoms with Crippen molar-refractivity contribution in [2.24, 2.45) is 0 Å². The van der Waals surface area contributed by atoms with E-state index >= 15 is 0 Å². The number of carbonyl (C=O) groups excluding carboxylic acids is 3. The standard InChI is InChI=1S/C21H20O7/c1-13(23)27-18-8-6-15(10-19(18)25-3)5-7-17-9-16(12-22)11-20(26-4)21(17)28-14(2)24/h5-12H,1-4H3. The molecule has 0 N–H and O–H groups in total. The van der Waals surface area contributed by atoms with Crippen molar-refractivity contribution in [3.8, 4) is 23.0 Å². The normalized spacial score (nSPS) is 10.4. The number of benzene rings is 2. The van der Waals surface area contributed by atoms with Crippen LogP contribution in [0.2, 0.25) is 0 Å². The van der Waals surface area contributed by atoms with E-state index in [2.05, 4.69) is 0 Å². The molecule has 0 amide bonds. The first kappa shape index (κ1) is 20.7. The highest BCUT2D eigenvalue weighted by Gasteiger charge is 2.14. The fourth-order valence-electron chi connectivity index (χ4n) is 2.46. The summed E-state index contributed by atoms with van der Waals surface area (Å²) >= 11 is 0. The SMILES string of the molecule is COc1cc(C=Cc2cc(C=O)cc(OC)c2OC(C)=O)ccc1OC(C)=O. The molecule has 0 heterocycles. The Balaban J connectivity index is 2.45. The van der Waals surface area contributed by atoms with Crippen LogP contribution in [0.4, 0.5) is 0 Å². The molecule has 0 unspecified atom stereocenters. The lowest BCUT2D eigenvalue weighted by atomic mass is 10.1. The van der Waals surface area contributed by atoms with Gasteiger partial charge >= 0.3 is 11.9 Å². The third kappa shape index (κ3) is 5.20. The highest BCUT2D eigenvalue weighted by Crippen LogP contribution is 2.35. The van der Waals surface area contributed by atoms with Gasteiger partial charge in [0.05, 0.1) is 14.2 Å². The molecule has 0 aliphatic rings. The maximum absolute atomic E-state index is 11.4. The van der Waals surface area contributed by atoms with Crippen LogP contribution in [-0.2, 0) is 9.59 Å². The Morgan fingerprint density at radius 1 is 0.786 bits per heavy atom. The highest BCUT2D eigenvalue weighted by molar-refractivity contribution is 5.84. The topological polar surface area (TPSA) is 88.1 Å². The van der Waals surface area contributed by atoms with Crippen LogP contribution >= 0.6 is 0 Å². The zero-order valence-corrected chi connectivity index (χ0v) is 16.0. The van der Waals surface area contributed by atoms with Gasteiger partial charge in [-0.25, -0.2) is 0 Å². The Bertz CT molecular complexity index is 929. The van der Waals surface area contributed by atoms with Gasteiger partial charge in [-0.1, -0.05) is 18.2 Å². The van der Waals surface area contributed by atoms with E-state index in [1.165, 1.54) is 34.1 Å². The molecule has 7 nitrogen and oxygen atoms in total. The van der Waals surface area contributed by atoms with Gasteiger partial charge in [0.15, 0.2) is 23.0 Å². The molecule has 2 aromatic carbocycles. The number of aldehydes is 1. The second kappa shape index (κ2) is 9.36. The molecular formula is C21H20O7. The van der Waals surface area contributed by atoms with Gasteiger partial charge in [0, 0.05) is 25.0 Å². The van der Waals surface area contributed by atoms with Crippen molar-refractivity contribution in [2.45, 2.75) is 13.8 Å². The Hall–Kier alpha value is -3.61. The molecule has 7 heteroatoms. The van der Waals surface area contributed by atoms with Gasteiger partial charge in [0.25, 0.3) is 0 Å². The van der Waals surface area contributed by atoms with Crippen LogP contribution in [0.15, 0.2) is 30.3 Å². The lowest BCUT2D eigenvalue weighted by molar-refractivity contribution is -0.132. The maximum Gasteiger partial charge on any atom is 0.308 e. The van der Waals surface area contributed by atoms with Gasteiger partial charge < -0.3 is 18.9 Å². The summed E-state index contributed by atoms with van der Waals surface area (Å²) in [4.78, 5) is 33.8. The number of rotatable bonds is 7. The minimum atomic E-state index is -0.515. The fourth-order valence-corrected chi connectivity index (χ4v) is 2.46. The number of hydrogen-bond acceptors (Lipinski definition) is 7. The van der Waals surface area contributed by atoms with E-state index in [0.717, 1.165) is 5.56 Å². The third-order valence-electron chi connectivity index (χ3n) is 3.60. The van der Waals surface area contributed by atoms with Crippen molar-refractivity contribution >= 4 is 30.4 Å². The molecule has 28 heavy (non-hydrogen) atoms. The van der Waals surface area contributed by atoms with Crippen molar-refractivity contribution < 1.29 is 33.3 Å². The lowest BCUT2D eigenvalue weighted by Crippen LogP contribution is -2.05. The van der Waals surface area contributed by atoms with E-state index in [1.54, 1.807) is 36.4 Å². The molecule has 0 radical (unpaired) electrons. The molecule has 146 valence electrons. The van der Waals surface area contributed by atoms with E-state index in [1.807, 2.05) is 0 Å². The molecule has 2 rings (SSSR count). The van der Waals surface area contributed by atoms with Crippen LogP contribution in [-0.4, -0.2) is 32.4 Å². The number of ether oxygens (including phenoxy) is 4. The molecule has 2 aromatic rings. The van der Waals surface area contributed by atoms with Crippen molar-refractivity contribution in [3.63, 3.8) is 0 Å². The molecule has 0 saturated heterocycles. The molecule has 0 aliphatic carbocycles. The van der Waals surface area contributed by atoms with Crippen LogP contribution < -0.4 is 18.9 Å². The monoisotopic (exact) mass is 384 g/mol. The van der Waals surface area contributed by atoms with Crippen molar-refractivity contribution in [2.75, 3.05) is 14.2 Å². The molecule has 0 atom stereocenters. The first-order chi connectivity index (χ1) is 13.4. The summed E-state index contributed by atoms with van der Waals surface area (Å²) in [5, 5.41) is 0. The average molecular weight is 384 g/mol. The zero-order chi connectivity index (χ0) is 20.7. The Morgan fingerprint density at radius 3 is 2.00 bits per heavy atom. The zero-order valence-electron chi connectivity index (χ0n) is 16.0. The Labute approximate surface area is 162 Å². The molecule has 0 saturated carbocycles. The van der Waals surface area contributed by atoms with Crippen molar-refractivity contribution in [3.05, 3.63) is 47.0 Å². The summed E-state index contributed by atoms with van der Waals surface area (Å²) in [5.74, 6) is 0.196. The Morgan fingerprint density at radius 2 is 1.43 bits per heavy atom. The summed E-state index contributed by atoms with van der Waals surface area (Å²) < 4.78 is 20.8.